The average molecular weight is 533 g/mol. The van der Waals surface area contributed by atoms with E-state index in [1.54, 1.807) is 0 Å². The van der Waals surface area contributed by atoms with E-state index in [4.69, 9.17) is 0 Å². The Balaban J connectivity index is 1.49. The molecule has 204 valence electrons. The summed E-state index contributed by atoms with van der Waals surface area (Å²) in [5.74, 6) is -0.253. The van der Waals surface area contributed by atoms with Crippen LogP contribution in [0.25, 0.3) is 33.9 Å². The van der Waals surface area contributed by atoms with Crippen molar-refractivity contribution in [2.24, 2.45) is 0 Å². The first-order valence-corrected chi connectivity index (χ1v) is 13.9. The van der Waals surface area contributed by atoms with Crippen molar-refractivity contribution in [3.8, 4) is 22.3 Å². The van der Waals surface area contributed by atoms with Gasteiger partial charge in [-0.05, 0) is 73.0 Å². The zero-order valence-corrected chi connectivity index (χ0v) is 23.6. The zero-order valence-electron chi connectivity index (χ0n) is 23.6. The van der Waals surface area contributed by atoms with E-state index >= 15 is 0 Å². The molecule has 5 rings (SSSR count). The van der Waals surface area contributed by atoms with E-state index in [2.05, 4.69) is 70.8 Å². The third-order valence-electron chi connectivity index (χ3n) is 7.71. The minimum absolute atomic E-state index is 0.0993. The summed E-state index contributed by atoms with van der Waals surface area (Å²) in [6.45, 7) is 11.4. The molecular formula is C34H36N4O2. The number of aryl methyl sites for hydroxylation is 1. The number of carbonyl (C=O) groups excluding carboxylic acids is 2. The Bertz CT molecular complexity index is 1580. The fraction of sp³-hybridized carbons (Fsp3) is 0.235. The molecule has 3 N–H and O–H groups in total. The highest BCUT2D eigenvalue weighted by atomic mass is 16.2. The van der Waals surface area contributed by atoms with Gasteiger partial charge in [0.15, 0.2) is 0 Å². The van der Waals surface area contributed by atoms with Gasteiger partial charge in [-0.3, -0.25) is 9.59 Å². The maximum absolute atomic E-state index is 13.2. The molecule has 0 spiro atoms. The summed E-state index contributed by atoms with van der Waals surface area (Å²) in [6.07, 6.45) is 1.88. The lowest BCUT2D eigenvalue weighted by Crippen LogP contribution is -2.35. The number of H-pyrrole nitrogens is 1. The molecule has 0 atom stereocenters. The maximum Gasteiger partial charge on any atom is 0.256 e. The third kappa shape index (κ3) is 5.36. The van der Waals surface area contributed by atoms with E-state index in [1.807, 2.05) is 56.3 Å². The molecule has 0 unspecified atom stereocenters. The van der Waals surface area contributed by atoms with Gasteiger partial charge in [0.05, 0.1) is 11.1 Å². The van der Waals surface area contributed by atoms with Crippen LogP contribution in [0.15, 0.2) is 72.8 Å². The van der Waals surface area contributed by atoms with Crippen molar-refractivity contribution in [2.75, 3.05) is 31.5 Å². The summed E-state index contributed by atoms with van der Waals surface area (Å²) >= 11 is 0. The van der Waals surface area contributed by atoms with E-state index < -0.39 is 0 Å². The Morgan fingerprint density at radius 1 is 0.900 bits per heavy atom. The largest absolute Gasteiger partial charge is 0.358 e. The molecule has 0 saturated carbocycles. The minimum atomic E-state index is -0.154. The van der Waals surface area contributed by atoms with Gasteiger partial charge in [0.1, 0.15) is 0 Å². The summed E-state index contributed by atoms with van der Waals surface area (Å²) in [7, 11) is 0. The first kappa shape index (κ1) is 27.2. The van der Waals surface area contributed by atoms with Crippen LogP contribution >= 0.6 is 0 Å². The highest BCUT2D eigenvalue weighted by molar-refractivity contribution is 6.36. The molecule has 0 bridgehead atoms. The summed E-state index contributed by atoms with van der Waals surface area (Å²) in [4.78, 5) is 32.0. The Morgan fingerprint density at radius 2 is 1.60 bits per heavy atom. The lowest BCUT2D eigenvalue weighted by atomic mass is 9.92. The van der Waals surface area contributed by atoms with Gasteiger partial charge in [0.25, 0.3) is 11.8 Å². The normalized spacial score (nSPS) is 13.5. The summed E-state index contributed by atoms with van der Waals surface area (Å²) in [5, 5.41) is 6.09. The predicted molar refractivity (Wildman–Crippen MR) is 164 cm³/mol. The molecule has 0 fully saturated rings. The standard InChI is InChI=1S/C34H36N4O2/c1-5-38(6-2)19-18-35-34(40)31-22(3)30(36-23(31)4)21-28-32-27(16-11-17-29(32)37-33(28)39)26-15-10-14-25(20-26)24-12-8-7-9-13-24/h7-17,20-21,36H,5-6,18-19H2,1-4H3,(H,35,40)(H,37,39)/b28-21-. The second kappa shape index (κ2) is 11.8. The molecule has 1 aliphatic heterocycles. The molecule has 1 aliphatic rings. The van der Waals surface area contributed by atoms with E-state index in [-0.39, 0.29) is 11.8 Å². The summed E-state index contributed by atoms with van der Waals surface area (Å²) < 4.78 is 0. The van der Waals surface area contributed by atoms with Gasteiger partial charge in [-0.1, -0.05) is 74.5 Å². The van der Waals surface area contributed by atoms with Gasteiger partial charge >= 0.3 is 0 Å². The Morgan fingerprint density at radius 3 is 2.35 bits per heavy atom. The van der Waals surface area contributed by atoms with Crippen LogP contribution in [0.2, 0.25) is 0 Å². The number of aromatic nitrogens is 1. The SMILES string of the molecule is CCN(CC)CCNC(=O)c1c(C)[nH]c(/C=C2\C(=O)Nc3cccc(-c4cccc(-c5ccccc5)c4)c32)c1C. The molecule has 0 aliphatic carbocycles. The molecule has 40 heavy (non-hydrogen) atoms. The third-order valence-corrected chi connectivity index (χ3v) is 7.71. The van der Waals surface area contributed by atoms with Crippen LogP contribution in [0, 0.1) is 13.8 Å². The summed E-state index contributed by atoms with van der Waals surface area (Å²) in [6, 6.07) is 24.6. The van der Waals surface area contributed by atoms with Crippen LogP contribution < -0.4 is 10.6 Å². The second-order valence-electron chi connectivity index (χ2n) is 10.1. The van der Waals surface area contributed by atoms with Crippen LogP contribution in [0.3, 0.4) is 0 Å². The average Bonchev–Trinajstić information content (AvgIpc) is 3.45. The van der Waals surface area contributed by atoms with Crippen LogP contribution in [0.5, 0.6) is 0 Å². The summed E-state index contributed by atoms with van der Waals surface area (Å²) in [5.41, 5.74) is 9.52. The number of hydrogen-bond acceptors (Lipinski definition) is 3. The van der Waals surface area contributed by atoms with Crippen molar-refractivity contribution >= 4 is 29.2 Å². The monoisotopic (exact) mass is 532 g/mol. The fourth-order valence-electron chi connectivity index (χ4n) is 5.48. The Hall–Kier alpha value is -4.42. The number of hydrogen-bond donors (Lipinski definition) is 3. The van der Waals surface area contributed by atoms with Gasteiger partial charge in [-0.15, -0.1) is 0 Å². The number of likely N-dealkylation sites (N-methyl/N-ethyl adjacent to an activating group) is 1. The van der Waals surface area contributed by atoms with Crippen molar-refractivity contribution in [1.82, 2.24) is 15.2 Å². The van der Waals surface area contributed by atoms with Crippen LogP contribution in [0.4, 0.5) is 5.69 Å². The number of anilines is 1. The molecular weight excluding hydrogens is 496 g/mol. The lowest BCUT2D eigenvalue weighted by molar-refractivity contribution is -0.110. The molecule has 1 aromatic heterocycles. The number of nitrogens with zero attached hydrogens (tertiary/aromatic N) is 1. The van der Waals surface area contributed by atoms with E-state index in [9.17, 15) is 9.59 Å². The van der Waals surface area contributed by atoms with Gasteiger partial charge < -0.3 is 20.5 Å². The van der Waals surface area contributed by atoms with Gasteiger partial charge in [0.2, 0.25) is 0 Å². The topological polar surface area (TPSA) is 77.2 Å². The quantitative estimate of drug-likeness (QED) is 0.215. The van der Waals surface area contributed by atoms with E-state index in [0.29, 0.717) is 17.7 Å². The van der Waals surface area contributed by atoms with Gasteiger partial charge in [-0.25, -0.2) is 0 Å². The van der Waals surface area contributed by atoms with Crippen LogP contribution in [-0.4, -0.2) is 47.9 Å². The highest BCUT2D eigenvalue weighted by Crippen LogP contribution is 2.41. The highest BCUT2D eigenvalue weighted by Gasteiger charge is 2.28. The zero-order chi connectivity index (χ0) is 28.2. The molecule has 0 saturated heterocycles. The molecule has 0 radical (unpaired) electrons. The maximum atomic E-state index is 13.2. The van der Waals surface area contributed by atoms with E-state index in [1.165, 1.54) is 0 Å². The number of fused-ring (bicyclic) bond motifs is 1. The van der Waals surface area contributed by atoms with Crippen LogP contribution in [-0.2, 0) is 4.79 Å². The molecule has 4 aromatic rings. The number of amides is 2. The number of rotatable bonds is 9. The molecule has 6 nitrogen and oxygen atoms in total. The first-order valence-electron chi connectivity index (χ1n) is 13.9. The first-order chi connectivity index (χ1) is 19.4. The molecule has 2 heterocycles. The number of carbonyl (C=O) groups is 2. The molecule has 3 aromatic carbocycles. The predicted octanol–water partition coefficient (Wildman–Crippen LogP) is 6.53. The van der Waals surface area contributed by atoms with Gasteiger partial charge in [0, 0.05) is 35.7 Å². The Kier molecular flexibility index (Phi) is 7.99. The number of nitrogens with one attached hydrogen (secondary N) is 3. The van der Waals surface area contributed by atoms with Crippen molar-refractivity contribution in [3.63, 3.8) is 0 Å². The van der Waals surface area contributed by atoms with E-state index in [0.717, 1.165) is 70.1 Å². The fourth-order valence-corrected chi connectivity index (χ4v) is 5.48. The second-order valence-corrected chi connectivity index (χ2v) is 10.1. The number of benzene rings is 3. The molecule has 6 heteroatoms. The lowest BCUT2D eigenvalue weighted by Gasteiger charge is -2.18. The van der Waals surface area contributed by atoms with Gasteiger partial charge in [-0.2, -0.15) is 0 Å². The molecule has 2 amide bonds. The Labute approximate surface area is 236 Å². The van der Waals surface area contributed by atoms with Crippen molar-refractivity contribution in [2.45, 2.75) is 27.7 Å². The van der Waals surface area contributed by atoms with Crippen molar-refractivity contribution in [3.05, 3.63) is 101 Å². The van der Waals surface area contributed by atoms with Crippen molar-refractivity contribution < 1.29 is 9.59 Å². The smallest absolute Gasteiger partial charge is 0.256 e. The van der Waals surface area contributed by atoms with Crippen molar-refractivity contribution in [1.29, 1.82) is 0 Å². The number of aromatic amines is 1. The van der Waals surface area contributed by atoms with Crippen LogP contribution in [0.1, 0.15) is 46.7 Å². The minimum Gasteiger partial charge on any atom is -0.358 e.